The van der Waals surface area contributed by atoms with Gasteiger partial charge in [-0.3, -0.25) is 4.79 Å². The van der Waals surface area contributed by atoms with Gasteiger partial charge in [-0.25, -0.2) is 15.2 Å². The quantitative estimate of drug-likeness (QED) is 0.598. The summed E-state index contributed by atoms with van der Waals surface area (Å²) in [6.45, 7) is 2.64. The molecule has 1 saturated heterocycles. The number of rotatable bonds is 2. The number of nitrogens with zero attached hydrogens (tertiary/aromatic N) is 2. The summed E-state index contributed by atoms with van der Waals surface area (Å²) < 4.78 is 13.9. The second-order valence-electron chi connectivity index (χ2n) is 4.16. The first-order valence-corrected chi connectivity index (χ1v) is 5.57. The van der Waals surface area contributed by atoms with Crippen molar-refractivity contribution in [3.05, 3.63) is 23.6 Å². The van der Waals surface area contributed by atoms with Crippen molar-refractivity contribution in [3.63, 3.8) is 0 Å². The fourth-order valence-corrected chi connectivity index (χ4v) is 2.10. The second kappa shape index (κ2) is 4.67. The topological polar surface area (TPSA) is 71.2 Å². The molecule has 0 bridgehead atoms. The molecule has 0 aliphatic carbocycles. The smallest absolute Gasteiger partial charge is 0.257 e. The van der Waals surface area contributed by atoms with E-state index in [-0.39, 0.29) is 23.3 Å². The van der Waals surface area contributed by atoms with Crippen LogP contribution in [0.5, 0.6) is 0 Å². The van der Waals surface area contributed by atoms with Crippen LogP contribution in [0.4, 0.5) is 10.2 Å². The van der Waals surface area contributed by atoms with Crippen molar-refractivity contribution in [1.82, 2.24) is 9.88 Å². The van der Waals surface area contributed by atoms with Gasteiger partial charge in [0.05, 0.1) is 5.56 Å². The van der Waals surface area contributed by atoms with Crippen LogP contribution in [0.2, 0.25) is 0 Å². The Morgan fingerprint density at radius 3 is 3.06 bits per heavy atom. The van der Waals surface area contributed by atoms with Crippen LogP contribution in [0.1, 0.15) is 30.1 Å². The molecule has 1 fully saturated rings. The van der Waals surface area contributed by atoms with E-state index in [0.29, 0.717) is 6.54 Å². The van der Waals surface area contributed by atoms with Crippen LogP contribution in [0.3, 0.4) is 0 Å². The van der Waals surface area contributed by atoms with Gasteiger partial charge in [-0.05, 0) is 25.8 Å². The number of likely N-dealkylation sites (tertiary alicyclic amines) is 1. The molecule has 0 saturated carbocycles. The molecule has 5 nitrogen and oxygen atoms in total. The van der Waals surface area contributed by atoms with E-state index in [2.05, 4.69) is 10.4 Å². The largest absolute Gasteiger partial charge is 0.336 e. The summed E-state index contributed by atoms with van der Waals surface area (Å²) in [6.07, 6.45) is 3.29. The zero-order valence-corrected chi connectivity index (χ0v) is 9.61. The van der Waals surface area contributed by atoms with Crippen LogP contribution >= 0.6 is 0 Å². The maximum absolute atomic E-state index is 13.9. The number of anilines is 1. The molecule has 92 valence electrons. The lowest BCUT2D eigenvalue weighted by atomic mass is 10.2. The number of aromatic nitrogens is 1. The van der Waals surface area contributed by atoms with Gasteiger partial charge < -0.3 is 10.3 Å². The number of nitrogens with one attached hydrogen (secondary N) is 1. The number of halogens is 1. The van der Waals surface area contributed by atoms with Gasteiger partial charge in [0.15, 0.2) is 11.6 Å². The normalized spacial score (nSPS) is 19.5. The Morgan fingerprint density at radius 1 is 1.71 bits per heavy atom. The van der Waals surface area contributed by atoms with Gasteiger partial charge in [-0.15, -0.1) is 0 Å². The first-order valence-electron chi connectivity index (χ1n) is 5.57. The Bertz CT molecular complexity index is 437. The van der Waals surface area contributed by atoms with Crippen LogP contribution in [-0.4, -0.2) is 28.4 Å². The van der Waals surface area contributed by atoms with Gasteiger partial charge in [0, 0.05) is 18.8 Å². The van der Waals surface area contributed by atoms with E-state index in [1.54, 1.807) is 4.90 Å². The van der Waals surface area contributed by atoms with E-state index in [1.807, 2.05) is 6.92 Å². The monoisotopic (exact) mass is 238 g/mol. The first kappa shape index (κ1) is 11.8. The molecule has 1 aromatic rings. The third kappa shape index (κ3) is 2.08. The SMILES string of the molecule is CC1CCCN1C(=O)c1ccnc(NN)c1F. The first-order chi connectivity index (χ1) is 8.15. The van der Waals surface area contributed by atoms with E-state index < -0.39 is 5.82 Å². The highest BCUT2D eigenvalue weighted by atomic mass is 19.1. The number of nitrogens with two attached hydrogens (primary N) is 1. The molecule has 3 N–H and O–H groups in total. The molecule has 1 aliphatic rings. The summed E-state index contributed by atoms with van der Waals surface area (Å²) >= 11 is 0. The average Bonchev–Trinajstić information content (AvgIpc) is 2.75. The second-order valence-corrected chi connectivity index (χ2v) is 4.16. The third-order valence-electron chi connectivity index (χ3n) is 3.07. The Kier molecular flexibility index (Phi) is 3.23. The van der Waals surface area contributed by atoms with Crippen molar-refractivity contribution in [2.75, 3.05) is 12.0 Å². The summed E-state index contributed by atoms with van der Waals surface area (Å²) in [4.78, 5) is 17.5. The molecule has 2 rings (SSSR count). The molecule has 17 heavy (non-hydrogen) atoms. The molecule has 2 heterocycles. The maximum atomic E-state index is 13.9. The zero-order valence-electron chi connectivity index (χ0n) is 9.61. The predicted octanol–water partition coefficient (Wildman–Crippen LogP) is 1.13. The van der Waals surface area contributed by atoms with Crippen molar-refractivity contribution >= 4 is 11.7 Å². The summed E-state index contributed by atoms with van der Waals surface area (Å²) in [5, 5.41) is 0. The highest BCUT2D eigenvalue weighted by molar-refractivity contribution is 5.95. The Labute approximate surface area is 98.8 Å². The highest BCUT2D eigenvalue weighted by Crippen LogP contribution is 2.22. The lowest BCUT2D eigenvalue weighted by Crippen LogP contribution is -2.34. The molecular weight excluding hydrogens is 223 g/mol. The minimum atomic E-state index is -0.695. The van der Waals surface area contributed by atoms with Gasteiger partial charge in [0.25, 0.3) is 5.91 Å². The Hall–Kier alpha value is -1.69. The minimum absolute atomic E-state index is 0.0155. The summed E-state index contributed by atoms with van der Waals surface area (Å²) in [7, 11) is 0. The van der Waals surface area contributed by atoms with Crippen LogP contribution in [0.25, 0.3) is 0 Å². The van der Waals surface area contributed by atoms with Crippen molar-refractivity contribution < 1.29 is 9.18 Å². The van der Waals surface area contributed by atoms with E-state index in [0.717, 1.165) is 12.8 Å². The Balaban J connectivity index is 2.30. The van der Waals surface area contributed by atoms with Crippen LogP contribution in [-0.2, 0) is 0 Å². The van der Waals surface area contributed by atoms with Gasteiger partial charge in [0.2, 0.25) is 0 Å². The van der Waals surface area contributed by atoms with E-state index in [9.17, 15) is 9.18 Å². The van der Waals surface area contributed by atoms with Crippen LogP contribution in [0.15, 0.2) is 12.3 Å². The van der Waals surface area contributed by atoms with Gasteiger partial charge in [-0.1, -0.05) is 0 Å². The number of carbonyl (C=O) groups is 1. The molecule has 1 amide bonds. The lowest BCUT2D eigenvalue weighted by Gasteiger charge is -2.21. The summed E-state index contributed by atoms with van der Waals surface area (Å²) in [6, 6.07) is 1.54. The number of nitrogen functional groups attached to an aromatic ring is 1. The molecule has 6 heteroatoms. The number of hydrogen-bond acceptors (Lipinski definition) is 4. The van der Waals surface area contributed by atoms with Gasteiger partial charge in [0.1, 0.15) is 0 Å². The molecule has 0 radical (unpaired) electrons. The maximum Gasteiger partial charge on any atom is 0.257 e. The molecule has 1 aliphatic heterocycles. The molecule has 1 aromatic heterocycles. The minimum Gasteiger partial charge on any atom is -0.336 e. The van der Waals surface area contributed by atoms with E-state index in [4.69, 9.17) is 5.84 Å². The van der Waals surface area contributed by atoms with Crippen LogP contribution in [0, 0.1) is 5.82 Å². The van der Waals surface area contributed by atoms with Crippen molar-refractivity contribution in [2.45, 2.75) is 25.8 Å². The molecular formula is C11H15FN4O. The molecule has 1 unspecified atom stereocenters. The number of pyridine rings is 1. The summed E-state index contributed by atoms with van der Waals surface area (Å²) in [5.41, 5.74) is 2.15. The van der Waals surface area contributed by atoms with E-state index in [1.165, 1.54) is 12.3 Å². The third-order valence-corrected chi connectivity index (χ3v) is 3.07. The lowest BCUT2D eigenvalue weighted by molar-refractivity contribution is 0.0742. The highest BCUT2D eigenvalue weighted by Gasteiger charge is 2.28. The van der Waals surface area contributed by atoms with Crippen LogP contribution < -0.4 is 11.3 Å². The number of hydrazine groups is 1. The molecule has 1 atom stereocenters. The van der Waals surface area contributed by atoms with Crippen molar-refractivity contribution in [1.29, 1.82) is 0 Å². The molecule has 0 aromatic carbocycles. The number of amides is 1. The van der Waals surface area contributed by atoms with Crippen molar-refractivity contribution in [3.8, 4) is 0 Å². The zero-order chi connectivity index (χ0) is 12.4. The fraction of sp³-hybridized carbons (Fsp3) is 0.455. The molecule has 0 spiro atoms. The average molecular weight is 238 g/mol. The fourth-order valence-electron chi connectivity index (χ4n) is 2.10. The predicted molar refractivity (Wildman–Crippen MR) is 61.7 cm³/mol. The number of carbonyl (C=O) groups excluding carboxylic acids is 1. The summed E-state index contributed by atoms with van der Waals surface area (Å²) in [5.74, 6) is 4.02. The van der Waals surface area contributed by atoms with Crippen molar-refractivity contribution in [2.24, 2.45) is 5.84 Å². The Morgan fingerprint density at radius 2 is 2.47 bits per heavy atom. The van der Waals surface area contributed by atoms with Gasteiger partial charge >= 0.3 is 0 Å². The van der Waals surface area contributed by atoms with E-state index >= 15 is 0 Å². The standard InChI is InChI=1S/C11H15FN4O/c1-7-3-2-6-16(7)11(17)8-4-5-14-10(15-13)9(8)12/h4-5,7H,2-3,6,13H2,1H3,(H,14,15). The number of hydrogen-bond donors (Lipinski definition) is 2. The van der Waals surface area contributed by atoms with Gasteiger partial charge in [-0.2, -0.15) is 0 Å².